The smallest absolute Gasteiger partial charge is 0.227 e. The maximum absolute atomic E-state index is 12.9. The highest BCUT2D eigenvalue weighted by Gasteiger charge is 2.44. The number of rotatable bonds is 7. The summed E-state index contributed by atoms with van der Waals surface area (Å²) in [6, 6.07) is 24.0. The number of likely N-dealkylation sites (tertiary alicyclic amines) is 1. The minimum atomic E-state index is -0.741. The molecule has 170 valence electrons. The van der Waals surface area contributed by atoms with E-state index in [0.29, 0.717) is 32.4 Å². The zero-order chi connectivity index (χ0) is 23.4. The minimum Gasteiger partial charge on any atom is -0.496 e. The molecule has 1 saturated heterocycles. The molecule has 3 aromatic carbocycles. The molecule has 4 rings (SSSR count). The van der Waals surface area contributed by atoms with Gasteiger partial charge in [0, 0.05) is 18.7 Å². The van der Waals surface area contributed by atoms with Crippen LogP contribution in [0.25, 0.3) is 11.1 Å². The van der Waals surface area contributed by atoms with E-state index in [1.807, 2.05) is 79.7 Å². The lowest BCUT2D eigenvalue weighted by molar-refractivity contribution is -0.131. The number of primary amides is 1. The van der Waals surface area contributed by atoms with E-state index in [1.165, 1.54) is 0 Å². The van der Waals surface area contributed by atoms with Gasteiger partial charge in [-0.15, -0.1) is 0 Å². The van der Waals surface area contributed by atoms with Gasteiger partial charge in [-0.05, 0) is 42.5 Å². The number of benzene rings is 3. The van der Waals surface area contributed by atoms with Crippen molar-refractivity contribution in [1.82, 2.24) is 4.90 Å². The number of para-hydroxylation sites is 1. The molecule has 0 unspecified atom stereocenters. The van der Waals surface area contributed by atoms with Crippen LogP contribution in [0.15, 0.2) is 72.8 Å². The van der Waals surface area contributed by atoms with E-state index in [1.54, 1.807) is 12.0 Å². The maximum atomic E-state index is 12.9. The fraction of sp³-hybridized carbons (Fsp3) is 0.286. The minimum absolute atomic E-state index is 0.0356. The van der Waals surface area contributed by atoms with E-state index in [0.717, 1.165) is 33.6 Å². The molecule has 0 spiro atoms. The molecule has 5 nitrogen and oxygen atoms in total. The van der Waals surface area contributed by atoms with Gasteiger partial charge in [0.15, 0.2) is 0 Å². The first kappa shape index (κ1) is 22.6. The number of amides is 2. The summed E-state index contributed by atoms with van der Waals surface area (Å²) in [4.78, 5) is 27.2. The number of nitrogens with zero attached hydrogens (tertiary/aromatic N) is 1. The van der Waals surface area contributed by atoms with Crippen molar-refractivity contribution < 1.29 is 14.3 Å². The van der Waals surface area contributed by atoms with Crippen molar-refractivity contribution in [3.8, 4) is 16.9 Å². The van der Waals surface area contributed by atoms with Gasteiger partial charge in [0.05, 0.1) is 18.9 Å². The molecule has 33 heavy (non-hydrogen) atoms. The Hall–Kier alpha value is -3.60. The maximum Gasteiger partial charge on any atom is 0.227 e. The molecule has 0 aliphatic carbocycles. The predicted molar refractivity (Wildman–Crippen MR) is 130 cm³/mol. The Labute approximate surface area is 195 Å². The molecule has 1 fully saturated rings. The molecule has 2 N–H and O–H groups in total. The monoisotopic (exact) mass is 442 g/mol. The van der Waals surface area contributed by atoms with E-state index in [9.17, 15) is 9.59 Å². The standard InChI is InChI=1S/C28H30N2O3/c1-20-7-9-21(10-8-20)17-26(31)30-16-15-28(19-30,27(29)32)18-22-11-13-23(14-12-22)24-5-3-4-6-25(24)33-2/h3-14H,15-19H2,1-2H3,(H2,29,32)/t28-/m1/s1. The second-order valence-electron chi connectivity index (χ2n) is 8.95. The highest BCUT2D eigenvalue weighted by atomic mass is 16.5. The van der Waals surface area contributed by atoms with Crippen LogP contribution in [-0.4, -0.2) is 36.9 Å². The first-order valence-electron chi connectivity index (χ1n) is 11.3. The molecule has 0 saturated carbocycles. The lowest BCUT2D eigenvalue weighted by Gasteiger charge is -2.26. The number of aryl methyl sites for hydroxylation is 1. The fourth-order valence-electron chi connectivity index (χ4n) is 4.59. The first-order chi connectivity index (χ1) is 15.9. The van der Waals surface area contributed by atoms with Crippen molar-refractivity contribution in [3.63, 3.8) is 0 Å². The summed E-state index contributed by atoms with van der Waals surface area (Å²) in [5.74, 6) is 0.507. The molecule has 1 aliphatic rings. The van der Waals surface area contributed by atoms with Crippen LogP contribution in [0.4, 0.5) is 0 Å². The Kier molecular flexibility index (Phi) is 6.50. The summed E-state index contributed by atoms with van der Waals surface area (Å²) >= 11 is 0. The van der Waals surface area contributed by atoms with Crippen molar-refractivity contribution in [3.05, 3.63) is 89.5 Å². The number of nitrogens with two attached hydrogens (primary N) is 1. The molecule has 5 heteroatoms. The molecule has 0 bridgehead atoms. The molecule has 0 aromatic heterocycles. The summed E-state index contributed by atoms with van der Waals surface area (Å²) in [6.07, 6.45) is 1.43. The molecule has 3 aromatic rings. The molecule has 1 atom stereocenters. The average Bonchev–Trinajstić information content (AvgIpc) is 3.27. The number of carbonyl (C=O) groups excluding carboxylic acids is 2. The van der Waals surface area contributed by atoms with Gasteiger partial charge in [0.2, 0.25) is 11.8 Å². The second-order valence-corrected chi connectivity index (χ2v) is 8.95. The normalized spacial score (nSPS) is 17.7. The highest BCUT2D eigenvalue weighted by Crippen LogP contribution is 2.36. The third-order valence-electron chi connectivity index (χ3n) is 6.62. The number of carbonyl (C=O) groups is 2. The van der Waals surface area contributed by atoms with Crippen LogP contribution in [0, 0.1) is 12.3 Å². The largest absolute Gasteiger partial charge is 0.496 e. The number of methoxy groups -OCH3 is 1. The zero-order valence-electron chi connectivity index (χ0n) is 19.2. The summed E-state index contributed by atoms with van der Waals surface area (Å²) in [5, 5.41) is 0. The highest BCUT2D eigenvalue weighted by molar-refractivity contribution is 5.85. The zero-order valence-corrected chi connectivity index (χ0v) is 19.2. The lowest BCUT2D eigenvalue weighted by atomic mass is 9.80. The van der Waals surface area contributed by atoms with Gasteiger partial charge >= 0.3 is 0 Å². The van der Waals surface area contributed by atoms with Crippen molar-refractivity contribution in [2.75, 3.05) is 20.2 Å². The fourth-order valence-corrected chi connectivity index (χ4v) is 4.59. The van der Waals surface area contributed by atoms with Crippen LogP contribution in [-0.2, 0) is 22.4 Å². The van der Waals surface area contributed by atoms with Crippen LogP contribution in [0.5, 0.6) is 5.75 Å². The summed E-state index contributed by atoms with van der Waals surface area (Å²) in [5.41, 5.74) is 10.4. The second kappa shape index (κ2) is 9.49. The predicted octanol–water partition coefficient (Wildman–Crippen LogP) is 4.16. The van der Waals surface area contributed by atoms with Crippen LogP contribution >= 0.6 is 0 Å². The lowest BCUT2D eigenvalue weighted by Crippen LogP contribution is -2.42. The van der Waals surface area contributed by atoms with E-state index < -0.39 is 5.41 Å². The Morgan fingerprint density at radius 2 is 1.64 bits per heavy atom. The van der Waals surface area contributed by atoms with Crippen LogP contribution in [0.2, 0.25) is 0 Å². The quantitative estimate of drug-likeness (QED) is 0.597. The van der Waals surface area contributed by atoms with Crippen LogP contribution in [0.3, 0.4) is 0 Å². The third-order valence-corrected chi connectivity index (χ3v) is 6.62. The van der Waals surface area contributed by atoms with Gasteiger partial charge in [0.25, 0.3) is 0 Å². The van der Waals surface area contributed by atoms with E-state index >= 15 is 0 Å². The SMILES string of the molecule is COc1ccccc1-c1ccc(C[C@]2(C(N)=O)CCN(C(=O)Cc3ccc(C)cc3)C2)cc1. The Bertz CT molecular complexity index is 1140. The van der Waals surface area contributed by atoms with Gasteiger partial charge in [-0.25, -0.2) is 0 Å². The number of hydrogen-bond acceptors (Lipinski definition) is 3. The number of ether oxygens (including phenoxy) is 1. The van der Waals surface area contributed by atoms with Gasteiger partial charge in [0.1, 0.15) is 5.75 Å². The van der Waals surface area contributed by atoms with E-state index in [-0.39, 0.29) is 11.8 Å². The molecular weight excluding hydrogens is 412 g/mol. The van der Waals surface area contributed by atoms with Crippen LogP contribution < -0.4 is 10.5 Å². The van der Waals surface area contributed by atoms with Crippen molar-refractivity contribution in [1.29, 1.82) is 0 Å². The summed E-state index contributed by atoms with van der Waals surface area (Å²) in [7, 11) is 1.66. The Balaban J connectivity index is 1.47. The van der Waals surface area contributed by atoms with E-state index in [4.69, 9.17) is 10.5 Å². The molecule has 2 amide bonds. The molecule has 0 radical (unpaired) electrons. The van der Waals surface area contributed by atoms with Gasteiger partial charge in [-0.1, -0.05) is 72.3 Å². The average molecular weight is 443 g/mol. The molecule has 1 aliphatic heterocycles. The Morgan fingerprint density at radius 3 is 2.30 bits per heavy atom. The summed E-state index contributed by atoms with van der Waals surface area (Å²) < 4.78 is 5.47. The summed E-state index contributed by atoms with van der Waals surface area (Å²) in [6.45, 7) is 2.93. The van der Waals surface area contributed by atoms with Gasteiger partial charge in [-0.2, -0.15) is 0 Å². The van der Waals surface area contributed by atoms with Crippen molar-refractivity contribution >= 4 is 11.8 Å². The van der Waals surface area contributed by atoms with Crippen molar-refractivity contribution in [2.24, 2.45) is 11.1 Å². The van der Waals surface area contributed by atoms with E-state index in [2.05, 4.69) is 0 Å². The van der Waals surface area contributed by atoms with Crippen molar-refractivity contribution in [2.45, 2.75) is 26.2 Å². The topological polar surface area (TPSA) is 72.6 Å². The Morgan fingerprint density at radius 1 is 0.970 bits per heavy atom. The van der Waals surface area contributed by atoms with Crippen LogP contribution in [0.1, 0.15) is 23.1 Å². The van der Waals surface area contributed by atoms with Gasteiger partial charge < -0.3 is 15.4 Å². The molecular formula is C28H30N2O3. The third kappa shape index (κ3) is 4.92. The van der Waals surface area contributed by atoms with Gasteiger partial charge in [-0.3, -0.25) is 9.59 Å². The number of hydrogen-bond donors (Lipinski definition) is 1. The first-order valence-corrected chi connectivity index (χ1v) is 11.3. The molecule has 1 heterocycles.